The molecule has 0 aromatic heterocycles. The number of benzene rings is 1. The van der Waals surface area contributed by atoms with Gasteiger partial charge in [-0.15, -0.1) is 0 Å². The van der Waals surface area contributed by atoms with Crippen molar-refractivity contribution in [3.8, 4) is 0 Å². The SMILES string of the molecule is CC1(C)CC(c2ccc(F)cc2)=C(C=CI)C(C)(C)C1. The lowest BCUT2D eigenvalue weighted by molar-refractivity contribution is 0.219. The van der Waals surface area contributed by atoms with Crippen LogP contribution in [0.15, 0.2) is 40.0 Å². The number of hydrogen-bond donors (Lipinski definition) is 0. The Morgan fingerprint density at radius 2 is 1.70 bits per heavy atom. The van der Waals surface area contributed by atoms with Crippen LogP contribution in [-0.4, -0.2) is 0 Å². The third kappa shape index (κ3) is 3.33. The van der Waals surface area contributed by atoms with Crippen molar-refractivity contribution in [3.63, 3.8) is 0 Å². The summed E-state index contributed by atoms with van der Waals surface area (Å²) in [5.41, 5.74) is 4.32. The molecule has 0 spiro atoms. The predicted molar refractivity (Wildman–Crippen MR) is 93.3 cm³/mol. The fraction of sp³-hybridized carbons (Fsp3) is 0.444. The quantitative estimate of drug-likeness (QED) is 0.520. The summed E-state index contributed by atoms with van der Waals surface area (Å²) in [6, 6.07) is 6.93. The van der Waals surface area contributed by atoms with Crippen LogP contribution in [0.2, 0.25) is 0 Å². The van der Waals surface area contributed by atoms with E-state index in [1.165, 1.54) is 17.6 Å². The topological polar surface area (TPSA) is 0 Å². The molecule has 0 aliphatic heterocycles. The molecule has 1 aliphatic rings. The highest BCUT2D eigenvalue weighted by atomic mass is 127. The second-order valence-electron chi connectivity index (χ2n) is 7.09. The predicted octanol–water partition coefficient (Wildman–Crippen LogP) is 6.37. The second kappa shape index (κ2) is 5.63. The van der Waals surface area contributed by atoms with E-state index in [0.717, 1.165) is 12.0 Å². The van der Waals surface area contributed by atoms with E-state index in [1.54, 1.807) is 12.1 Å². The third-order valence-electron chi connectivity index (χ3n) is 4.05. The van der Waals surface area contributed by atoms with Crippen LogP contribution >= 0.6 is 22.6 Å². The van der Waals surface area contributed by atoms with Crippen molar-refractivity contribution in [2.75, 3.05) is 0 Å². The molecule has 0 atom stereocenters. The Balaban J connectivity index is 2.61. The smallest absolute Gasteiger partial charge is 0.123 e. The second-order valence-corrected chi connectivity index (χ2v) is 7.81. The van der Waals surface area contributed by atoms with Gasteiger partial charge in [0.1, 0.15) is 5.82 Å². The van der Waals surface area contributed by atoms with E-state index in [9.17, 15) is 4.39 Å². The van der Waals surface area contributed by atoms with Crippen LogP contribution in [0.5, 0.6) is 0 Å². The first-order valence-electron chi connectivity index (χ1n) is 7.01. The normalized spacial score (nSPS) is 21.5. The molecule has 0 nitrogen and oxygen atoms in total. The molecular weight excluding hydrogens is 362 g/mol. The molecule has 1 aromatic rings. The van der Waals surface area contributed by atoms with Crippen LogP contribution in [-0.2, 0) is 0 Å². The summed E-state index contributed by atoms with van der Waals surface area (Å²) >= 11 is 2.28. The van der Waals surface area contributed by atoms with Gasteiger partial charge in [-0.2, -0.15) is 0 Å². The van der Waals surface area contributed by atoms with E-state index in [0.29, 0.717) is 0 Å². The number of allylic oxidation sites excluding steroid dienone is 3. The minimum absolute atomic E-state index is 0.146. The molecule has 0 amide bonds. The van der Waals surface area contributed by atoms with E-state index >= 15 is 0 Å². The van der Waals surface area contributed by atoms with Crippen molar-refractivity contribution in [3.05, 3.63) is 51.4 Å². The lowest BCUT2D eigenvalue weighted by Crippen LogP contribution is -2.30. The number of halogens is 2. The van der Waals surface area contributed by atoms with Crippen molar-refractivity contribution in [1.82, 2.24) is 0 Å². The standard InChI is InChI=1S/C18H22FI/c1-17(2)11-15(13-5-7-14(19)8-6-13)16(9-10-20)18(3,4)12-17/h5-10H,11-12H2,1-4H3. The van der Waals surface area contributed by atoms with E-state index < -0.39 is 0 Å². The van der Waals surface area contributed by atoms with Crippen molar-refractivity contribution in [2.45, 2.75) is 40.5 Å². The van der Waals surface area contributed by atoms with Crippen molar-refractivity contribution in [1.29, 1.82) is 0 Å². The van der Waals surface area contributed by atoms with Gasteiger partial charge in [-0.05, 0) is 56.6 Å². The van der Waals surface area contributed by atoms with Gasteiger partial charge >= 0.3 is 0 Å². The monoisotopic (exact) mass is 384 g/mol. The molecule has 0 radical (unpaired) electrons. The lowest BCUT2D eigenvalue weighted by Gasteiger charge is -2.43. The van der Waals surface area contributed by atoms with Crippen LogP contribution in [0.3, 0.4) is 0 Å². The van der Waals surface area contributed by atoms with Crippen LogP contribution < -0.4 is 0 Å². The molecular formula is C18H22FI. The highest BCUT2D eigenvalue weighted by molar-refractivity contribution is 14.1. The molecule has 0 saturated carbocycles. The van der Waals surface area contributed by atoms with Crippen LogP contribution in [0, 0.1) is 16.6 Å². The molecule has 2 rings (SSSR count). The number of hydrogen-bond acceptors (Lipinski definition) is 0. The summed E-state index contributed by atoms with van der Waals surface area (Å²) in [5, 5.41) is 0. The lowest BCUT2D eigenvalue weighted by atomic mass is 9.61. The van der Waals surface area contributed by atoms with Crippen LogP contribution in [0.1, 0.15) is 46.1 Å². The maximum absolute atomic E-state index is 13.2. The molecule has 108 valence electrons. The minimum Gasteiger partial charge on any atom is -0.207 e. The Morgan fingerprint density at radius 1 is 1.10 bits per heavy atom. The van der Waals surface area contributed by atoms with Gasteiger partial charge in [0.15, 0.2) is 0 Å². The maximum atomic E-state index is 13.2. The van der Waals surface area contributed by atoms with Gasteiger partial charge in [0.05, 0.1) is 0 Å². The van der Waals surface area contributed by atoms with Gasteiger partial charge in [-0.3, -0.25) is 0 Å². The zero-order chi connectivity index (χ0) is 15.0. The van der Waals surface area contributed by atoms with E-state index in [-0.39, 0.29) is 16.6 Å². The summed E-state index contributed by atoms with van der Waals surface area (Å²) < 4.78 is 15.3. The van der Waals surface area contributed by atoms with Gasteiger partial charge < -0.3 is 0 Å². The maximum Gasteiger partial charge on any atom is 0.123 e. The Morgan fingerprint density at radius 3 is 2.25 bits per heavy atom. The summed E-state index contributed by atoms with van der Waals surface area (Å²) in [6.45, 7) is 9.26. The molecule has 0 fully saturated rings. The van der Waals surface area contributed by atoms with Crippen LogP contribution in [0.25, 0.3) is 5.57 Å². The summed E-state index contributed by atoms with van der Waals surface area (Å²) in [5.74, 6) is -0.172. The third-order valence-corrected chi connectivity index (χ3v) is 4.41. The van der Waals surface area contributed by atoms with Gasteiger partial charge in [-0.25, -0.2) is 4.39 Å². The summed E-state index contributed by atoms with van der Waals surface area (Å²) in [6.07, 6.45) is 4.42. The molecule has 0 saturated heterocycles. The Hall–Kier alpha value is -0.640. The van der Waals surface area contributed by atoms with E-state index in [2.05, 4.69) is 60.4 Å². The van der Waals surface area contributed by atoms with Gasteiger partial charge in [0.2, 0.25) is 0 Å². The molecule has 0 heterocycles. The average molecular weight is 384 g/mol. The van der Waals surface area contributed by atoms with Crippen molar-refractivity contribution >= 4 is 28.2 Å². The van der Waals surface area contributed by atoms with Gasteiger partial charge in [0.25, 0.3) is 0 Å². The molecule has 0 N–H and O–H groups in total. The largest absolute Gasteiger partial charge is 0.207 e. The molecule has 0 bridgehead atoms. The zero-order valence-corrected chi connectivity index (χ0v) is 14.8. The molecule has 0 unspecified atom stereocenters. The number of rotatable bonds is 2. The average Bonchev–Trinajstić information content (AvgIpc) is 2.32. The zero-order valence-electron chi connectivity index (χ0n) is 12.6. The fourth-order valence-corrected chi connectivity index (χ4v) is 3.99. The highest BCUT2D eigenvalue weighted by Crippen LogP contribution is 2.52. The molecule has 1 aromatic carbocycles. The first kappa shape index (κ1) is 15.7. The Labute approximate surface area is 135 Å². The first-order chi connectivity index (χ1) is 9.25. The van der Waals surface area contributed by atoms with Crippen molar-refractivity contribution in [2.24, 2.45) is 10.8 Å². The minimum atomic E-state index is -0.172. The summed E-state index contributed by atoms with van der Waals surface area (Å²) in [7, 11) is 0. The van der Waals surface area contributed by atoms with E-state index in [4.69, 9.17) is 0 Å². The Kier molecular flexibility index (Phi) is 4.43. The molecule has 20 heavy (non-hydrogen) atoms. The van der Waals surface area contributed by atoms with Crippen molar-refractivity contribution < 1.29 is 4.39 Å². The first-order valence-corrected chi connectivity index (χ1v) is 8.26. The van der Waals surface area contributed by atoms with Gasteiger partial charge in [-0.1, -0.05) is 68.5 Å². The molecule has 1 aliphatic carbocycles. The summed E-state index contributed by atoms with van der Waals surface area (Å²) in [4.78, 5) is 0. The Bertz CT molecular complexity index is 547. The highest BCUT2D eigenvalue weighted by Gasteiger charge is 2.38. The fourth-order valence-electron chi connectivity index (χ4n) is 3.63. The van der Waals surface area contributed by atoms with Gasteiger partial charge in [0, 0.05) is 0 Å². The van der Waals surface area contributed by atoms with E-state index in [1.807, 2.05) is 12.1 Å². The van der Waals surface area contributed by atoms with Crippen LogP contribution in [0.4, 0.5) is 4.39 Å². The molecule has 2 heteroatoms.